The van der Waals surface area contributed by atoms with Crippen molar-refractivity contribution in [1.29, 1.82) is 0 Å². The molecule has 0 aliphatic rings. The molecule has 1 radical (unpaired) electrons. The van der Waals surface area contributed by atoms with Crippen LogP contribution in [0.1, 0.15) is 26.3 Å². The maximum absolute atomic E-state index is 5.94. The smallest absolute Gasteiger partial charge is 0.121 e. The fourth-order valence-electron chi connectivity index (χ4n) is 1.10. The number of halogens is 1. The quantitative estimate of drug-likeness (QED) is 0.718. The molecule has 0 heterocycles. The van der Waals surface area contributed by atoms with Crippen LogP contribution in [0, 0.1) is 5.92 Å². The molecule has 1 aromatic rings. The molecule has 1 nitrogen and oxygen atoms in total. The summed E-state index contributed by atoms with van der Waals surface area (Å²) < 4.78 is 5.38. The average molecular weight is 198 g/mol. The molecule has 0 saturated carbocycles. The molecule has 0 aliphatic heterocycles. The van der Waals surface area contributed by atoms with Crippen molar-refractivity contribution in [3.05, 3.63) is 34.7 Å². The summed E-state index contributed by atoms with van der Waals surface area (Å²) in [6.07, 6.45) is 0. The minimum Gasteiger partial charge on any atom is -0.494 e. The minimum absolute atomic E-state index is 0.669. The van der Waals surface area contributed by atoms with Crippen LogP contribution in [0.25, 0.3) is 0 Å². The van der Waals surface area contributed by atoms with E-state index in [4.69, 9.17) is 16.3 Å². The van der Waals surface area contributed by atoms with Gasteiger partial charge in [0.15, 0.2) is 0 Å². The summed E-state index contributed by atoms with van der Waals surface area (Å²) >= 11 is 5.94. The Morgan fingerprint density at radius 1 is 1.31 bits per heavy atom. The molecular formula is C11H14ClO. The van der Waals surface area contributed by atoms with Crippen molar-refractivity contribution in [2.75, 3.05) is 6.61 Å². The van der Waals surface area contributed by atoms with Crippen molar-refractivity contribution in [3.63, 3.8) is 0 Å². The van der Waals surface area contributed by atoms with E-state index in [1.165, 1.54) is 5.92 Å². The van der Waals surface area contributed by atoms with E-state index in [0.717, 1.165) is 16.3 Å². The third-order valence-corrected chi connectivity index (χ3v) is 1.98. The average Bonchev–Trinajstić information content (AvgIpc) is 2.03. The van der Waals surface area contributed by atoms with Gasteiger partial charge in [-0.05, 0) is 36.6 Å². The van der Waals surface area contributed by atoms with Crippen LogP contribution in [0.2, 0.25) is 5.02 Å². The molecule has 2 heteroatoms. The minimum atomic E-state index is 0.669. The SMILES string of the molecule is CCOc1cc(Cl)cc([C](C)C)c1. The van der Waals surface area contributed by atoms with Gasteiger partial charge in [-0.25, -0.2) is 0 Å². The van der Waals surface area contributed by atoms with E-state index in [-0.39, 0.29) is 0 Å². The summed E-state index contributed by atoms with van der Waals surface area (Å²) in [6, 6.07) is 5.78. The van der Waals surface area contributed by atoms with Crippen molar-refractivity contribution >= 4 is 11.6 Å². The Bertz CT molecular complexity index is 281. The number of hydrogen-bond acceptors (Lipinski definition) is 1. The van der Waals surface area contributed by atoms with Crippen LogP contribution in [-0.2, 0) is 0 Å². The van der Waals surface area contributed by atoms with Gasteiger partial charge in [-0.1, -0.05) is 25.4 Å². The van der Waals surface area contributed by atoms with Crippen molar-refractivity contribution in [1.82, 2.24) is 0 Å². The van der Waals surface area contributed by atoms with Crippen LogP contribution in [0.5, 0.6) is 5.75 Å². The van der Waals surface area contributed by atoms with E-state index in [1.807, 2.05) is 25.1 Å². The van der Waals surface area contributed by atoms with Gasteiger partial charge in [-0.2, -0.15) is 0 Å². The van der Waals surface area contributed by atoms with Gasteiger partial charge < -0.3 is 4.74 Å². The largest absolute Gasteiger partial charge is 0.494 e. The molecule has 0 saturated heterocycles. The Morgan fingerprint density at radius 2 is 2.00 bits per heavy atom. The highest BCUT2D eigenvalue weighted by Crippen LogP contribution is 2.25. The fraction of sp³-hybridized carbons (Fsp3) is 0.364. The summed E-state index contributed by atoms with van der Waals surface area (Å²) in [4.78, 5) is 0. The number of ether oxygens (including phenoxy) is 1. The van der Waals surface area contributed by atoms with E-state index < -0.39 is 0 Å². The van der Waals surface area contributed by atoms with Crippen LogP contribution in [0.3, 0.4) is 0 Å². The predicted molar refractivity (Wildman–Crippen MR) is 56.3 cm³/mol. The van der Waals surface area contributed by atoms with E-state index in [0.29, 0.717) is 6.61 Å². The van der Waals surface area contributed by atoms with Crippen molar-refractivity contribution in [3.8, 4) is 5.75 Å². The maximum atomic E-state index is 5.94. The van der Waals surface area contributed by atoms with Gasteiger partial charge in [0.25, 0.3) is 0 Å². The van der Waals surface area contributed by atoms with Gasteiger partial charge in [0, 0.05) is 5.02 Å². The third-order valence-electron chi connectivity index (χ3n) is 1.76. The Kier molecular flexibility index (Phi) is 3.61. The summed E-state index contributed by atoms with van der Waals surface area (Å²) in [5.41, 5.74) is 1.14. The maximum Gasteiger partial charge on any atom is 0.121 e. The summed E-state index contributed by atoms with van der Waals surface area (Å²) in [5, 5.41) is 0.724. The van der Waals surface area contributed by atoms with Crippen LogP contribution in [0.15, 0.2) is 18.2 Å². The highest BCUT2D eigenvalue weighted by atomic mass is 35.5. The van der Waals surface area contributed by atoms with Crippen LogP contribution in [0.4, 0.5) is 0 Å². The Labute approximate surface area is 84.7 Å². The van der Waals surface area contributed by atoms with E-state index in [9.17, 15) is 0 Å². The van der Waals surface area contributed by atoms with Gasteiger partial charge in [0.1, 0.15) is 5.75 Å². The van der Waals surface area contributed by atoms with Crippen molar-refractivity contribution in [2.24, 2.45) is 0 Å². The molecule has 0 amide bonds. The second-order valence-corrected chi connectivity index (χ2v) is 3.55. The monoisotopic (exact) mass is 197 g/mol. The van der Waals surface area contributed by atoms with E-state index >= 15 is 0 Å². The summed E-state index contributed by atoms with van der Waals surface area (Å²) in [6.45, 7) is 6.74. The first-order valence-corrected chi connectivity index (χ1v) is 4.75. The zero-order valence-electron chi connectivity index (χ0n) is 8.23. The standard InChI is InChI=1S/C11H14ClO/c1-4-13-11-6-9(8(2)3)5-10(12)7-11/h5-7H,4H2,1-3H3. The van der Waals surface area contributed by atoms with Gasteiger partial charge in [-0.15, -0.1) is 0 Å². The molecule has 0 spiro atoms. The highest BCUT2D eigenvalue weighted by molar-refractivity contribution is 6.30. The molecule has 13 heavy (non-hydrogen) atoms. The number of rotatable bonds is 3. The lowest BCUT2D eigenvalue weighted by atomic mass is 10.0. The molecular weight excluding hydrogens is 184 g/mol. The molecule has 0 aromatic heterocycles. The zero-order valence-corrected chi connectivity index (χ0v) is 8.98. The summed E-state index contributed by atoms with van der Waals surface area (Å²) in [5.74, 6) is 2.08. The first-order valence-electron chi connectivity index (χ1n) is 4.37. The Balaban J connectivity index is 2.96. The molecule has 0 bridgehead atoms. The Morgan fingerprint density at radius 3 is 2.54 bits per heavy atom. The molecule has 0 aliphatic carbocycles. The van der Waals surface area contributed by atoms with Crippen LogP contribution < -0.4 is 4.74 Å². The first-order chi connectivity index (χ1) is 6.13. The topological polar surface area (TPSA) is 9.23 Å². The van der Waals surface area contributed by atoms with E-state index in [2.05, 4.69) is 13.8 Å². The highest BCUT2D eigenvalue weighted by Gasteiger charge is 2.03. The first kappa shape index (κ1) is 10.4. The second-order valence-electron chi connectivity index (χ2n) is 3.11. The molecule has 0 N–H and O–H groups in total. The van der Waals surface area contributed by atoms with E-state index in [1.54, 1.807) is 0 Å². The van der Waals surface area contributed by atoms with Gasteiger partial charge in [0.2, 0.25) is 0 Å². The van der Waals surface area contributed by atoms with Crippen molar-refractivity contribution < 1.29 is 4.74 Å². The number of benzene rings is 1. The van der Waals surface area contributed by atoms with Crippen LogP contribution in [-0.4, -0.2) is 6.61 Å². The zero-order chi connectivity index (χ0) is 9.84. The molecule has 1 rings (SSSR count). The molecule has 0 unspecified atom stereocenters. The number of hydrogen-bond donors (Lipinski definition) is 0. The second kappa shape index (κ2) is 4.52. The normalized spacial score (nSPS) is 10.5. The lowest BCUT2D eigenvalue weighted by Crippen LogP contribution is -1.94. The lowest BCUT2D eigenvalue weighted by molar-refractivity contribution is 0.340. The lowest BCUT2D eigenvalue weighted by Gasteiger charge is -2.09. The van der Waals surface area contributed by atoms with Crippen LogP contribution >= 0.6 is 11.6 Å². The molecule has 0 atom stereocenters. The Hall–Kier alpha value is -0.690. The fourth-order valence-corrected chi connectivity index (χ4v) is 1.33. The molecule has 1 aromatic carbocycles. The predicted octanol–water partition coefficient (Wildman–Crippen LogP) is 3.70. The summed E-state index contributed by atoms with van der Waals surface area (Å²) in [7, 11) is 0. The van der Waals surface area contributed by atoms with Gasteiger partial charge in [0.05, 0.1) is 6.61 Å². The van der Waals surface area contributed by atoms with Crippen molar-refractivity contribution in [2.45, 2.75) is 20.8 Å². The molecule has 71 valence electrons. The third kappa shape index (κ3) is 2.92. The molecule has 0 fully saturated rings. The van der Waals surface area contributed by atoms with Gasteiger partial charge >= 0.3 is 0 Å². The van der Waals surface area contributed by atoms with Gasteiger partial charge in [-0.3, -0.25) is 0 Å².